The number of anilines is 3. The van der Waals surface area contributed by atoms with Crippen LogP contribution in [0, 0.1) is 27.7 Å². The van der Waals surface area contributed by atoms with Gasteiger partial charge in [-0.15, -0.1) is 0 Å². The minimum Gasteiger partial charge on any atom is -0.382 e. The fourth-order valence-electron chi connectivity index (χ4n) is 2.73. The van der Waals surface area contributed by atoms with Crippen LogP contribution in [0.3, 0.4) is 0 Å². The zero-order valence-corrected chi connectivity index (χ0v) is 16.7. The molecule has 6 heteroatoms. The number of hydrogen-bond acceptors (Lipinski definition) is 5. The highest BCUT2D eigenvalue weighted by Gasteiger charge is 2.20. The van der Waals surface area contributed by atoms with Crippen molar-refractivity contribution in [3.05, 3.63) is 68.0 Å². The van der Waals surface area contributed by atoms with E-state index in [1.54, 1.807) is 0 Å². The first-order valence-electron chi connectivity index (χ1n) is 8.19. The molecule has 3 rings (SSSR count). The van der Waals surface area contributed by atoms with Crippen molar-refractivity contribution in [2.45, 2.75) is 27.7 Å². The third kappa shape index (κ3) is 3.45. The van der Waals surface area contributed by atoms with E-state index < -0.39 is 0 Å². The first kappa shape index (κ1) is 18.4. The number of halogens is 1. The van der Waals surface area contributed by atoms with Crippen molar-refractivity contribution in [3.63, 3.8) is 0 Å². The SMILES string of the molecule is Cc1cc(C)c(C(=O)c2sc(Nc3cccc(Cl)c3C)nc2N)cc1C. The summed E-state index contributed by atoms with van der Waals surface area (Å²) in [6, 6.07) is 9.54. The highest BCUT2D eigenvalue weighted by atomic mass is 35.5. The molecule has 134 valence electrons. The molecule has 0 atom stereocenters. The van der Waals surface area contributed by atoms with Crippen molar-refractivity contribution in [1.82, 2.24) is 4.98 Å². The van der Waals surface area contributed by atoms with Gasteiger partial charge in [0.1, 0.15) is 10.7 Å². The van der Waals surface area contributed by atoms with Gasteiger partial charge < -0.3 is 11.1 Å². The Morgan fingerprint density at radius 2 is 1.81 bits per heavy atom. The van der Waals surface area contributed by atoms with E-state index in [-0.39, 0.29) is 11.6 Å². The molecule has 0 spiro atoms. The number of rotatable bonds is 4. The molecule has 0 aliphatic heterocycles. The lowest BCUT2D eigenvalue weighted by molar-refractivity contribution is 0.104. The Labute approximate surface area is 162 Å². The second-order valence-electron chi connectivity index (χ2n) is 6.35. The molecular weight excluding hydrogens is 366 g/mol. The van der Waals surface area contributed by atoms with Gasteiger partial charge in [-0.3, -0.25) is 4.79 Å². The number of aromatic nitrogens is 1. The van der Waals surface area contributed by atoms with E-state index in [2.05, 4.69) is 10.3 Å². The molecule has 0 aliphatic carbocycles. The molecule has 3 aromatic rings. The predicted octanol–water partition coefficient (Wildman–Crippen LogP) is 5.59. The van der Waals surface area contributed by atoms with Gasteiger partial charge in [0.15, 0.2) is 5.13 Å². The number of thiazole rings is 1. The van der Waals surface area contributed by atoms with E-state index in [4.69, 9.17) is 17.3 Å². The minimum absolute atomic E-state index is 0.100. The first-order valence-corrected chi connectivity index (χ1v) is 9.38. The van der Waals surface area contributed by atoms with Crippen LogP contribution in [0.2, 0.25) is 5.02 Å². The number of carbonyl (C=O) groups excluding carboxylic acids is 1. The number of nitrogen functional groups attached to an aromatic ring is 1. The van der Waals surface area contributed by atoms with Gasteiger partial charge in [0.2, 0.25) is 5.78 Å². The monoisotopic (exact) mass is 385 g/mol. The third-order valence-electron chi connectivity index (χ3n) is 4.45. The van der Waals surface area contributed by atoms with Crippen LogP contribution in [0.15, 0.2) is 30.3 Å². The second kappa shape index (κ2) is 7.09. The summed E-state index contributed by atoms with van der Waals surface area (Å²) in [7, 11) is 0. The van der Waals surface area contributed by atoms with Crippen LogP contribution in [0.1, 0.15) is 37.5 Å². The van der Waals surface area contributed by atoms with Crippen molar-refractivity contribution in [1.29, 1.82) is 0 Å². The number of benzene rings is 2. The lowest BCUT2D eigenvalue weighted by Crippen LogP contribution is -2.05. The lowest BCUT2D eigenvalue weighted by atomic mass is 9.97. The number of hydrogen-bond donors (Lipinski definition) is 2. The van der Waals surface area contributed by atoms with Gasteiger partial charge in [0, 0.05) is 16.3 Å². The van der Waals surface area contributed by atoms with Gasteiger partial charge in [0.25, 0.3) is 0 Å². The summed E-state index contributed by atoms with van der Waals surface area (Å²) in [5.41, 5.74) is 11.6. The average molecular weight is 386 g/mol. The summed E-state index contributed by atoms with van der Waals surface area (Å²) in [5, 5.41) is 4.44. The molecule has 4 nitrogen and oxygen atoms in total. The van der Waals surface area contributed by atoms with Gasteiger partial charge in [-0.1, -0.05) is 35.1 Å². The molecule has 2 aromatic carbocycles. The number of carbonyl (C=O) groups is 1. The van der Waals surface area contributed by atoms with Crippen LogP contribution >= 0.6 is 22.9 Å². The lowest BCUT2D eigenvalue weighted by Gasteiger charge is -2.08. The molecule has 0 radical (unpaired) electrons. The Kier molecular flexibility index (Phi) is 5.03. The predicted molar refractivity (Wildman–Crippen MR) is 110 cm³/mol. The smallest absolute Gasteiger partial charge is 0.207 e. The number of aryl methyl sites for hydroxylation is 3. The van der Waals surface area contributed by atoms with Gasteiger partial charge in [-0.05, 0) is 68.1 Å². The molecule has 0 fully saturated rings. The van der Waals surface area contributed by atoms with E-state index in [0.29, 0.717) is 20.6 Å². The standard InChI is InChI=1S/C20H20ClN3OS/c1-10-8-12(3)14(9-11(10)2)17(25)18-19(22)24-20(26-18)23-16-7-5-6-15(21)13(16)4/h5-9H,22H2,1-4H3,(H,23,24). The maximum Gasteiger partial charge on any atom is 0.207 e. The minimum atomic E-state index is -0.100. The number of nitrogens with two attached hydrogens (primary N) is 1. The summed E-state index contributed by atoms with van der Waals surface area (Å²) >= 11 is 7.41. The van der Waals surface area contributed by atoms with Crippen LogP contribution in [0.5, 0.6) is 0 Å². The van der Waals surface area contributed by atoms with E-state index >= 15 is 0 Å². The molecule has 0 bridgehead atoms. The van der Waals surface area contributed by atoms with Crippen LogP contribution in [-0.4, -0.2) is 10.8 Å². The number of nitrogens with one attached hydrogen (secondary N) is 1. The topological polar surface area (TPSA) is 68.0 Å². The molecule has 0 saturated carbocycles. The van der Waals surface area contributed by atoms with Gasteiger partial charge in [-0.2, -0.15) is 0 Å². The first-order chi connectivity index (χ1) is 12.3. The molecule has 0 saturated heterocycles. The van der Waals surface area contributed by atoms with Crippen LogP contribution in [0.25, 0.3) is 0 Å². The summed E-state index contributed by atoms with van der Waals surface area (Å²) in [6.45, 7) is 7.89. The van der Waals surface area contributed by atoms with Gasteiger partial charge >= 0.3 is 0 Å². The van der Waals surface area contributed by atoms with Gasteiger partial charge in [0.05, 0.1) is 0 Å². The zero-order chi connectivity index (χ0) is 19.0. The van der Waals surface area contributed by atoms with Crippen molar-refractivity contribution in [2.24, 2.45) is 0 Å². The van der Waals surface area contributed by atoms with Crippen LogP contribution in [-0.2, 0) is 0 Å². The largest absolute Gasteiger partial charge is 0.382 e. The maximum absolute atomic E-state index is 13.0. The summed E-state index contributed by atoms with van der Waals surface area (Å²) in [5.74, 6) is 0.135. The molecular formula is C20H20ClN3OS. The fourth-order valence-corrected chi connectivity index (χ4v) is 3.76. The summed E-state index contributed by atoms with van der Waals surface area (Å²) in [4.78, 5) is 17.7. The molecule has 0 aliphatic rings. The summed E-state index contributed by atoms with van der Waals surface area (Å²) in [6.07, 6.45) is 0. The quantitative estimate of drug-likeness (QED) is 0.574. The highest BCUT2D eigenvalue weighted by Crippen LogP contribution is 2.33. The number of nitrogens with zero attached hydrogens (tertiary/aromatic N) is 1. The third-order valence-corrected chi connectivity index (χ3v) is 5.85. The molecule has 26 heavy (non-hydrogen) atoms. The van der Waals surface area contributed by atoms with E-state index in [1.807, 2.05) is 58.0 Å². The average Bonchev–Trinajstić information content (AvgIpc) is 2.95. The Morgan fingerprint density at radius 1 is 1.12 bits per heavy atom. The summed E-state index contributed by atoms with van der Waals surface area (Å²) < 4.78 is 0. The van der Waals surface area contributed by atoms with Gasteiger partial charge in [-0.25, -0.2) is 4.98 Å². The van der Waals surface area contributed by atoms with Crippen molar-refractivity contribution >= 4 is 45.4 Å². The molecule has 1 aromatic heterocycles. The van der Waals surface area contributed by atoms with Crippen molar-refractivity contribution < 1.29 is 4.79 Å². The van der Waals surface area contributed by atoms with E-state index in [1.165, 1.54) is 11.3 Å². The fraction of sp³-hybridized carbons (Fsp3) is 0.200. The van der Waals surface area contributed by atoms with Crippen molar-refractivity contribution in [3.8, 4) is 0 Å². The zero-order valence-electron chi connectivity index (χ0n) is 15.1. The highest BCUT2D eigenvalue weighted by molar-refractivity contribution is 7.18. The molecule has 1 heterocycles. The molecule has 0 amide bonds. The Bertz CT molecular complexity index is 1010. The van der Waals surface area contributed by atoms with E-state index in [9.17, 15) is 4.79 Å². The molecule has 0 unspecified atom stereocenters. The Hall–Kier alpha value is -2.37. The van der Waals surface area contributed by atoms with E-state index in [0.717, 1.165) is 27.9 Å². The van der Waals surface area contributed by atoms with Crippen LogP contribution in [0.4, 0.5) is 16.6 Å². The number of ketones is 1. The van der Waals surface area contributed by atoms with Crippen molar-refractivity contribution in [2.75, 3.05) is 11.1 Å². The normalized spacial score (nSPS) is 10.8. The van der Waals surface area contributed by atoms with Crippen LogP contribution < -0.4 is 11.1 Å². The maximum atomic E-state index is 13.0. The molecule has 3 N–H and O–H groups in total. The second-order valence-corrected chi connectivity index (χ2v) is 7.76. The Morgan fingerprint density at radius 3 is 2.54 bits per heavy atom. The Balaban J connectivity index is 1.94.